The fraction of sp³-hybridized carbons (Fsp3) is 0.235. The third-order valence-electron chi connectivity index (χ3n) is 7.14. The van der Waals surface area contributed by atoms with Gasteiger partial charge in [-0.05, 0) is 66.4 Å². The van der Waals surface area contributed by atoms with E-state index < -0.39 is 34.3 Å². The van der Waals surface area contributed by atoms with Crippen molar-refractivity contribution in [1.82, 2.24) is 10.2 Å². The smallest absolute Gasteiger partial charge is 0.264 e. The van der Waals surface area contributed by atoms with E-state index in [-0.39, 0.29) is 29.5 Å². The van der Waals surface area contributed by atoms with E-state index in [1.807, 2.05) is 37.3 Å². The number of carbonyl (C=O) groups excluding carboxylic acids is 2. The molecule has 0 fully saturated rings. The maximum atomic E-state index is 14.4. The summed E-state index contributed by atoms with van der Waals surface area (Å²) >= 11 is 6.40. The topological polar surface area (TPSA) is 86.8 Å². The number of halogens is 2. The van der Waals surface area contributed by atoms with Crippen LogP contribution in [0.3, 0.4) is 0 Å². The summed E-state index contributed by atoms with van der Waals surface area (Å²) in [5.41, 5.74) is 2.35. The highest BCUT2D eigenvalue weighted by molar-refractivity contribution is 7.92. The monoisotopic (exact) mass is 635 g/mol. The Morgan fingerprint density at radius 2 is 1.52 bits per heavy atom. The van der Waals surface area contributed by atoms with Crippen molar-refractivity contribution >= 4 is 39.1 Å². The van der Waals surface area contributed by atoms with Gasteiger partial charge in [0.25, 0.3) is 10.0 Å². The molecule has 0 aliphatic rings. The van der Waals surface area contributed by atoms with Gasteiger partial charge in [0.15, 0.2) is 0 Å². The van der Waals surface area contributed by atoms with Crippen molar-refractivity contribution in [2.75, 3.05) is 17.4 Å². The Bertz CT molecular complexity index is 1670. The molecule has 0 aromatic heterocycles. The molecule has 0 unspecified atom stereocenters. The Labute approximate surface area is 263 Å². The van der Waals surface area contributed by atoms with Crippen molar-refractivity contribution in [3.05, 3.63) is 131 Å². The molecule has 1 N–H and O–H groups in total. The second-order valence-electron chi connectivity index (χ2n) is 10.4. The molecule has 230 valence electrons. The standard InChI is InChI=1S/C34H35ClFN3O4S/c1-3-20-37-34(41)32(21-26-10-6-4-7-11-26)38(23-27-15-17-28(36)18-16-27)33(40)24-39(29-19-14-25(2)31(35)22-29)44(42,43)30-12-8-5-9-13-30/h4-19,22,32H,3,20-21,23-24H2,1-2H3,(H,37,41)/t32-/m0/s1. The zero-order valence-corrected chi connectivity index (χ0v) is 26.2. The SMILES string of the molecule is CCCNC(=O)[C@H](Cc1ccccc1)N(Cc1ccc(F)cc1)C(=O)CN(c1ccc(C)c(Cl)c1)S(=O)(=O)c1ccccc1. The zero-order valence-electron chi connectivity index (χ0n) is 24.6. The first-order valence-electron chi connectivity index (χ1n) is 14.3. The number of aryl methyl sites for hydroxylation is 1. The molecule has 2 amide bonds. The quantitative estimate of drug-likeness (QED) is 0.191. The molecule has 7 nitrogen and oxygen atoms in total. The van der Waals surface area contributed by atoms with Crippen LogP contribution in [0.4, 0.5) is 10.1 Å². The van der Waals surface area contributed by atoms with E-state index in [4.69, 9.17) is 11.6 Å². The molecule has 44 heavy (non-hydrogen) atoms. The highest BCUT2D eigenvalue weighted by atomic mass is 35.5. The Morgan fingerprint density at radius 3 is 2.14 bits per heavy atom. The zero-order chi connectivity index (χ0) is 31.7. The van der Waals surface area contributed by atoms with Crippen molar-refractivity contribution in [2.24, 2.45) is 0 Å². The van der Waals surface area contributed by atoms with Crippen LogP contribution >= 0.6 is 11.6 Å². The summed E-state index contributed by atoms with van der Waals surface area (Å²) in [5, 5.41) is 3.24. The number of sulfonamides is 1. The van der Waals surface area contributed by atoms with Gasteiger partial charge in [-0.15, -0.1) is 0 Å². The van der Waals surface area contributed by atoms with E-state index in [0.29, 0.717) is 23.6 Å². The molecule has 0 saturated heterocycles. The fourth-order valence-corrected chi connectivity index (χ4v) is 6.29. The van der Waals surface area contributed by atoms with Gasteiger partial charge < -0.3 is 10.2 Å². The number of nitrogens with one attached hydrogen (secondary N) is 1. The molecule has 0 aliphatic carbocycles. The van der Waals surface area contributed by atoms with E-state index in [9.17, 15) is 22.4 Å². The second-order valence-corrected chi connectivity index (χ2v) is 12.7. The van der Waals surface area contributed by atoms with Crippen LogP contribution in [0, 0.1) is 12.7 Å². The van der Waals surface area contributed by atoms with Crippen LogP contribution in [0.15, 0.2) is 108 Å². The van der Waals surface area contributed by atoms with Gasteiger partial charge in [-0.2, -0.15) is 0 Å². The highest BCUT2D eigenvalue weighted by Crippen LogP contribution is 2.29. The van der Waals surface area contributed by atoms with Gasteiger partial charge in [0, 0.05) is 24.5 Å². The lowest BCUT2D eigenvalue weighted by Gasteiger charge is -2.34. The Morgan fingerprint density at radius 1 is 0.886 bits per heavy atom. The van der Waals surface area contributed by atoms with Crippen molar-refractivity contribution in [3.8, 4) is 0 Å². The first-order chi connectivity index (χ1) is 21.1. The van der Waals surface area contributed by atoms with Gasteiger partial charge in [-0.3, -0.25) is 13.9 Å². The summed E-state index contributed by atoms with van der Waals surface area (Å²) in [6.07, 6.45) is 0.873. The van der Waals surface area contributed by atoms with Crippen LogP contribution in [-0.4, -0.2) is 44.3 Å². The van der Waals surface area contributed by atoms with Gasteiger partial charge in [-0.1, -0.05) is 85.3 Å². The lowest BCUT2D eigenvalue weighted by atomic mass is 10.0. The number of carbonyl (C=O) groups is 2. The van der Waals surface area contributed by atoms with E-state index in [1.54, 1.807) is 37.3 Å². The van der Waals surface area contributed by atoms with Crippen LogP contribution in [0.5, 0.6) is 0 Å². The summed E-state index contributed by atoms with van der Waals surface area (Å²) in [7, 11) is -4.23. The van der Waals surface area contributed by atoms with E-state index >= 15 is 0 Å². The maximum absolute atomic E-state index is 14.4. The largest absolute Gasteiger partial charge is 0.354 e. The van der Waals surface area contributed by atoms with Crippen LogP contribution in [0.1, 0.15) is 30.0 Å². The molecule has 0 radical (unpaired) electrons. The Kier molecular flexibility index (Phi) is 11.1. The first kappa shape index (κ1) is 32.7. The number of amides is 2. The predicted molar refractivity (Wildman–Crippen MR) is 171 cm³/mol. The average molecular weight is 636 g/mol. The molecule has 1 atom stereocenters. The number of rotatable bonds is 13. The Balaban J connectivity index is 1.80. The maximum Gasteiger partial charge on any atom is 0.264 e. The summed E-state index contributed by atoms with van der Waals surface area (Å²) in [6.45, 7) is 3.46. The minimum Gasteiger partial charge on any atom is -0.354 e. The van der Waals surface area contributed by atoms with Crippen molar-refractivity contribution in [1.29, 1.82) is 0 Å². The van der Waals surface area contributed by atoms with Crippen LogP contribution in [0.25, 0.3) is 0 Å². The number of hydrogen-bond donors (Lipinski definition) is 1. The molecule has 0 aliphatic heterocycles. The van der Waals surface area contributed by atoms with E-state index in [0.717, 1.165) is 15.4 Å². The summed E-state index contributed by atoms with van der Waals surface area (Å²) in [6, 6.07) is 26.5. The number of nitrogens with zero attached hydrogens (tertiary/aromatic N) is 2. The van der Waals surface area contributed by atoms with Gasteiger partial charge in [0.05, 0.1) is 10.6 Å². The summed E-state index contributed by atoms with van der Waals surface area (Å²) in [4.78, 5) is 29.4. The summed E-state index contributed by atoms with van der Waals surface area (Å²) in [5.74, 6) is -1.43. The first-order valence-corrected chi connectivity index (χ1v) is 16.1. The number of benzene rings is 4. The minimum absolute atomic E-state index is 0.00361. The highest BCUT2D eigenvalue weighted by Gasteiger charge is 2.34. The third-order valence-corrected chi connectivity index (χ3v) is 9.34. The minimum atomic E-state index is -4.23. The third kappa shape index (κ3) is 8.24. The molecule has 4 aromatic rings. The Hall–Kier alpha value is -4.21. The van der Waals surface area contributed by atoms with E-state index in [2.05, 4.69) is 5.32 Å². The average Bonchev–Trinajstić information content (AvgIpc) is 3.03. The second kappa shape index (κ2) is 15.0. The van der Waals surface area contributed by atoms with Gasteiger partial charge in [-0.25, -0.2) is 12.8 Å². The van der Waals surface area contributed by atoms with E-state index in [1.165, 1.54) is 47.4 Å². The van der Waals surface area contributed by atoms with Gasteiger partial charge in [0.2, 0.25) is 11.8 Å². The lowest BCUT2D eigenvalue weighted by Crippen LogP contribution is -2.53. The molecule has 0 saturated carbocycles. The predicted octanol–water partition coefficient (Wildman–Crippen LogP) is 6.15. The molecule has 4 rings (SSSR count). The molecular weight excluding hydrogens is 601 g/mol. The lowest BCUT2D eigenvalue weighted by molar-refractivity contribution is -0.140. The summed E-state index contributed by atoms with van der Waals surface area (Å²) < 4.78 is 42.8. The van der Waals surface area contributed by atoms with Crippen LogP contribution < -0.4 is 9.62 Å². The van der Waals surface area contributed by atoms with Crippen molar-refractivity contribution in [3.63, 3.8) is 0 Å². The van der Waals surface area contributed by atoms with Gasteiger partial charge in [0.1, 0.15) is 18.4 Å². The fourth-order valence-electron chi connectivity index (χ4n) is 4.69. The molecule has 0 spiro atoms. The molecule has 0 bridgehead atoms. The van der Waals surface area contributed by atoms with Crippen molar-refractivity contribution < 1.29 is 22.4 Å². The van der Waals surface area contributed by atoms with Gasteiger partial charge >= 0.3 is 0 Å². The van der Waals surface area contributed by atoms with Crippen molar-refractivity contribution in [2.45, 2.75) is 44.2 Å². The number of anilines is 1. The molecule has 10 heteroatoms. The van der Waals surface area contributed by atoms with Crippen LogP contribution in [-0.2, 0) is 32.6 Å². The van der Waals surface area contributed by atoms with Crippen LogP contribution in [0.2, 0.25) is 5.02 Å². The molecule has 4 aromatic carbocycles. The molecule has 0 heterocycles. The normalized spacial score (nSPS) is 11.9. The number of hydrogen-bond acceptors (Lipinski definition) is 4. The molecular formula is C34H35ClFN3O4S.